The average molecular weight is 454 g/mol. The van der Waals surface area contributed by atoms with Crippen molar-refractivity contribution in [1.29, 1.82) is 0 Å². The van der Waals surface area contributed by atoms with Crippen LogP contribution in [0.2, 0.25) is 0 Å². The third kappa shape index (κ3) is 5.70. The second kappa shape index (κ2) is 9.34. The minimum Gasteiger partial charge on any atom is -0.340 e. The first kappa shape index (κ1) is 22.4. The fraction of sp³-hybridized carbons (Fsp3) is 0.261. The van der Waals surface area contributed by atoms with Crippen LogP contribution in [0.3, 0.4) is 0 Å². The Hall–Kier alpha value is -3.84. The summed E-state index contributed by atoms with van der Waals surface area (Å²) in [5.41, 5.74) is 2.69. The van der Waals surface area contributed by atoms with E-state index in [1.807, 2.05) is 24.3 Å². The van der Waals surface area contributed by atoms with Crippen molar-refractivity contribution in [3.8, 4) is 12.3 Å². The lowest BCUT2D eigenvalue weighted by atomic mass is 10.2. The first-order valence-corrected chi connectivity index (χ1v) is 10.2. The fourth-order valence-electron chi connectivity index (χ4n) is 3.62. The van der Waals surface area contributed by atoms with E-state index in [2.05, 4.69) is 26.5 Å². The number of piperazine rings is 1. The second-order valence-corrected chi connectivity index (χ2v) is 7.61. The smallest absolute Gasteiger partial charge is 0.340 e. The van der Waals surface area contributed by atoms with E-state index < -0.39 is 12.7 Å². The van der Waals surface area contributed by atoms with Crippen molar-refractivity contribution in [2.45, 2.75) is 6.18 Å². The number of carbonyl (C=O) groups is 1. The molecule has 0 unspecified atom stereocenters. The van der Waals surface area contributed by atoms with Gasteiger partial charge in [0, 0.05) is 48.5 Å². The maximum absolute atomic E-state index is 12.7. The number of alkyl halides is 3. The molecule has 0 radical (unpaired) electrons. The molecule has 1 saturated heterocycles. The number of amides is 2. The molecule has 2 heterocycles. The molecule has 0 saturated carbocycles. The van der Waals surface area contributed by atoms with Crippen LogP contribution in [-0.2, 0) is 0 Å². The normalized spacial score (nSPS) is 14.7. The molecule has 1 fully saturated rings. The van der Waals surface area contributed by atoms with Gasteiger partial charge in [-0.2, -0.15) is 13.2 Å². The molecular formula is C23H21F3N6O. The minimum atomic E-state index is -4.24. The Bertz CT molecular complexity index is 1200. The second-order valence-electron chi connectivity index (χ2n) is 7.61. The van der Waals surface area contributed by atoms with Gasteiger partial charge in [-0.1, -0.05) is 12.0 Å². The number of rotatable bonds is 4. The van der Waals surface area contributed by atoms with E-state index in [1.54, 1.807) is 18.2 Å². The highest BCUT2D eigenvalue weighted by molar-refractivity contribution is 5.96. The van der Waals surface area contributed by atoms with Crippen LogP contribution < -0.4 is 10.6 Å². The zero-order valence-electron chi connectivity index (χ0n) is 17.6. The highest BCUT2D eigenvalue weighted by Gasteiger charge is 2.32. The van der Waals surface area contributed by atoms with Gasteiger partial charge in [0.1, 0.15) is 12.1 Å². The molecule has 0 spiro atoms. The van der Waals surface area contributed by atoms with Crippen molar-refractivity contribution >= 4 is 34.1 Å². The number of anilines is 3. The molecule has 170 valence electrons. The maximum Gasteiger partial charge on any atom is 0.401 e. The molecule has 1 aliphatic heterocycles. The van der Waals surface area contributed by atoms with Crippen LogP contribution in [-0.4, -0.2) is 64.7 Å². The largest absolute Gasteiger partial charge is 0.401 e. The number of fused-ring (bicyclic) bond motifs is 1. The number of carbonyl (C=O) groups excluding carboxylic acids is 1. The van der Waals surface area contributed by atoms with Gasteiger partial charge in [-0.3, -0.25) is 4.90 Å². The number of urea groups is 1. The third-order valence-corrected chi connectivity index (χ3v) is 5.24. The molecule has 1 aromatic heterocycles. The zero-order chi connectivity index (χ0) is 23.4. The number of terminal acetylenes is 1. The van der Waals surface area contributed by atoms with Crippen molar-refractivity contribution in [1.82, 2.24) is 19.8 Å². The maximum atomic E-state index is 12.7. The lowest BCUT2D eigenvalue weighted by Gasteiger charge is -2.34. The van der Waals surface area contributed by atoms with E-state index in [0.717, 1.165) is 11.3 Å². The van der Waals surface area contributed by atoms with Crippen LogP contribution in [0.25, 0.3) is 10.9 Å². The molecule has 2 amide bonds. The number of hydrogen-bond acceptors (Lipinski definition) is 5. The first-order valence-electron chi connectivity index (χ1n) is 10.2. The van der Waals surface area contributed by atoms with Crippen LogP contribution in [0.15, 0.2) is 48.8 Å². The Balaban J connectivity index is 1.46. The Morgan fingerprint density at radius 2 is 1.85 bits per heavy atom. The van der Waals surface area contributed by atoms with Gasteiger partial charge in [0.2, 0.25) is 0 Å². The van der Waals surface area contributed by atoms with E-state index in [0.29, 0.717) is 22.4 Å². The summed E-state index contributed by atoms with van der Waals surface area (Å²) in [6.07, 6.45) is 2.66. The van der Waals surface area contributed by atoms with E-state index >= 15 is 0 Å². The van der Waals surface area contributed by atoms with Crippen molar-refractivity contribution < 1.29 is 18.0 Å². The Morgan fingerprint density at radius 1 is 1.06 bits per heavy atom. The molecule has 3 aromatic rings. The van der Waals surface area contributed by atoms with Crippen LogP contribution in [0, 0.1) is 12.3 Å². The highest BCUT2D eigenvalue weighted by Crippen LogP contribution is 2.26. The minimum absolute atomic E-state index is 0.170. The van der Waals surface area contributed by atoms with Gasteiger partial charge in [0.05, 0.1) is 12.1 Å². The topological polar surface area (TPSA) is 73.4 Å². The average Bonchev–Trinajstić information content (AvgIpc) is 2.79. The summed E-state index contributed by atoms with van der Waals surface area (Å²) in [5.74, 6) is 3.13. The van der Waals surface area contributed by atoms with Gasteiger partial charge in [-0.05, 0) is 36.4 Å². The molecule has 0 atom stereocenters. The van der Waals surface area contributed by atoms with Gasteiger partial charge in [0.25, 0.3) is 0 Å². The van der Waals surface area contributed by atoms with Crippen LogP contribution >= 0.6 is 0 Å². The summed E-state index contributed by atoms with van der Waals surface area (Å²) >= 11 is 0. The monoisotopic (exact) mass is 454 g/mol. The van der Waals surface area contributed by atoms with Crippen molar-refractivity contribution in [3.63, 3.8) is 0 Å². The van der Waals surface area contributed by atoms with Crippen LogP contribution in [0.4, 0.5) is 35.2 Å². The molecule has 1 aliphatic rings. The van der Waals surface area contributed by atoms with Crippen molar-refractivity contribution in [2.24, 2.45) is 0 Å². The molecular weight excluding hydrogens is 433 g/mol. The Labute approximate surface area is 188 Å². The number of halogens is 3. The first-order chi connectivity index (χ1) is 15.8. The molecule has 4 rings (SSSR count). The number of nitrogens with zero attached hydrogens (tertiary/aromatic N) is 4. The standard InChI is InChI=1S/C23H21F3N6O/c1-2-16-4-3-5-17(12-16)29-21-19-13-18(6-7-20(19)27-15-28-21)30-22(33)32-10-8-31(9-11-32)14-23(24,25)26/h1,3-7,12-13,15H,8-11,14H2,(H,30,33)(H,27,28,29). The van der Waals surface area contributed by atoms with E-state index in [-0.39, 0.29) is 32.2 Å². The summed E-state index contributed by atoms with van der Waals surface area (Å²) in [4.78, 5) is 24.0. The van der Waals surface area contributed by atoms with E-state index in [4.69, 9.17) is 6.42 Å². The van der Waals surface area contributed by atoms with Gasteiger partial charge >= 0.3 is 12.2 Å². The number of benzene rings is 2. The number of hydrogen-bond donors (Lipinski definition) is 2. The summed E-state index contributed by atoms with van der Waals surface area (Å²) < 4.78 is 37.7. The number of nitrogens with one attached hydrogen (secondary N) is 2. The van der Waals surface area contributed by atoms with Crippen molar-refractivity contribution in [2.75, 3.05) is 43.4 Å². The van der Waals surface area contributed by atoms with Gasteiger partial charge < -0.3 is 15.5 Å². The van der Waals surface area contributed by atoms with Crippen LogP contribution in [0.1, 0.15) is 5.56 Å². The van der Waals surface area contributed by atoms with Crippen LogP contribution in [0.5, 0.6) is 0 Å². The molecule has 0 aliphatic carbocycles. The lowest BCUT2D eigenvalue weighted by molar-refractivity contribution is -0.148. The Morgan fingerprint density at radius 3 is 2.58 bits per heavy atom. The summed E-state index contributed by atoms with van der Waals surface area (Å²) in [5, 5.41) is 6.73. The van der Waals surface area contributed by atoms with Gasteiger partial charge in [-0.25, -0.2) is 14.8 Å². The summed E-state index contributed by atoms with van der Waals surface area (Å²) in [6, 6.07) is 12.2. The number of aromatic nitrogens is 2. The molecule has 7 nitrogen and oxygen atoms in total. The summed E-state index contributed by atoms with van der Waals surface area (Å²) in [7, 11) is 0. The predicted molar refractivity (Wildman–Crippen MR) is 120 cm³/mol. The molecule has 33 heavy (non-hydrogen) atoms. The molecule has 0 bridgehead atoms. The molecule has 2 N–H and O–H groups in total. The van der Waals surface area contributed by atoms with E-state index in [1.165, 1.54) is 16.1 Å². The third-order valence-electron chi connectivity index (χ3n) is 5.24. The fourth-order valence-corrected chi connectivity index (χ4v) is 3.62. The summed E-state index contributed by atoms with van der Waals surface area (Å²) in [6.45, 7) is -0.187. The van der Waals surface area contributed by atoms with E-state index in [9.17, 15) is 18.0 Å². The Kier molecular flexibility index (Phi) is 6.33. The SMILES string of the molecule is C#Cc1cccc(Nc2ncnc3ccc(NC(=O)N4CCN(CC(F)(F)F)CC4)cc23)c1. The molecule has 2 aromatic carbocycles. The lowest BCUT2D eigenvalue weighted by Crippen LogP contribution is -2.51. The van der Waals surface area contributed by atoms with Gasteiger partial charge in [-0.15, -0.1) is 6.42 Å². The molecule has 10 heteroatoms. The van der Waals surface area contributed by atoms with Crippen molar-refractivity contribution in [3.05, 3.63) is 54.4 Å². The predicted octanol–water partition coefficient (Wildman–Crippen LogP) is 4.07. The quantitative estimate of drug-likeness (QED) is 0.582. The zero-order valence-corrected chi connectivity index (χ0v) is 17.6. The highest BCUT2D eigenvalue weighted by atomic mass is 19.4. The van der Waals surface area contributed by atoms with Gasteiger partial charge in [0.15, 0.2) is 0 Å².